The molecule has 3 rings (SSSR count). The second-order valence-electron chi connectivity index (χ2n) is 5.93. The second kappa shape index (κ2) is 6.11. The predicted molar refractivity (Wildman–Crippen MR) is 82.8 cm³/mol. The number of amides is 1. The molecular formula is C15H22N6O2. The number of aromatic amines is 1. The monoisotopic (exact) mass is 318 g/mol. The molecule has 1 saturated heterocycles. The number of hydrogen-bond acceptors (Lipinski definition) is 5. The molecule has 124 valence electrons. The zero-order valence-electron chi connectivity index (χ0n) is 14.0. The van der Waals surface area contributed by atoms with Crippen LogP contribution < -0.4 is 0 Å². The number of carbonyl (C=O) groups is 1. The van der Waals surface area contributed by atoms with Gasteiger partial charge in [-0.15, -0.1) is 0 Å². The highest BCUT2D eigenvalue weighted by Gasteiger charge is 2.28. The minimum Gasteiger partial charge on any atom is -0.366 e. The molecule has 0 radical (unpaired) electrons. The van der Waals surface area contributed by atoms with Gasteiger partial charge in [-0.2, -0.15) is 10.2 Å². The third-order valence-electron chi connectivity index (χ3n) is 4.31. The number of nitrogens with zero attached hydrogens (tertiary/aromatic N) is 5. The lowest BCUT2D eigenvalue weighted by molar-refractivity contribution is -0.138. The molecule has 8 heteroatoms. The second-order valence-corrected chi connectivity index (χ2v) is 5.93. The Morgan fingerprint density at radius 1 is 1.39 bits per heavy atom. The van der Waals surface area contributed by atoms with Crippen LogP contribution in [0, 0.1) is 20.8 Å². The molecule has 0 aliphatic carbocycles. The number of rotatable bonds is 3. The predicted octanol–water partition coefficient (Wildman–Crippen LogP) is 0.606. The van der Waals surface area contributed by atoms with Gasteiger partial charge < -0.3 is 9.64 Å². The van der Waals surface area contributed by atoms with Gasteiger partial charge in [-0.1, -0.05) is 0 Å². The van der Waals surface area contributed by atoms with Crippen LogP contribution in [0.2, 0.25) is 0 Å². The molecule has 1 amide bonds. The molecule has 3 heterocycles. The van der Waals surface area contributed by atoms with Crippen molar-refractivity contribution >= 4 is 5.91 Å². The van der Waals surface area contributed by atoms with Gasteiger partial charge in [0.25, 0.3) is 0 Å². The lowest BCUT2D eigenvalue weighted by Crippen LogP contribution is -2.43. The van der Waals surface area contributed by atoms with Crippen LogP contribution in [0.5, 0.6) is 0 Å². The Morgan fingerprint density at radius 2 is 2.17 bits per heavy atom. The molecule has 1 fully saturated rings. The summed E-state index contributed by atoms with van der Waals surface area (Å²) in [6.45, 7) is 7.34. The van der Waals surface area contributed by atoms with Gasteiger partial charge >= 0.3 is 0 Å². The first-order chi connectivity index (χ1) is 11.0. The Kier molecular flexibility index (Phi) is 4.16. The Morgan fingerprint density at radius 3 is 2.78 bits per heavy atom. The van der Waals surface area contributed by atoms with Gasteiger partial charge in [-0.3, -0.25) is 14.6 Å². The van der Waals surface area contributed by atoms with E-state index in [-0.39, 0.29) is 12.0 Å². The third kappa shape index (κ3) is 3.12. The Labute approximate surface area is 134 Å². The van der Waals surface area contributed by atoms with Crippen molar-refractivity contribution < 1.29 is 9.53 Å². The fourth-order valence-electron chi connectivity index (χ4n) is 2.87. The number of ether oxygens (including phenoxy) is 1. The summed E-state index contributed by atoms with van der Waals surface area (Å²) in [6.07, 6.45) is 0.0966. The summed E-state index contributed by atoms with van der Waals surface area (Å²) >= 11 is 0. The van der Waals surface area contributed by atoms with Crippen LogP contribution in [0.4, 0.5) is 0 Å². The van der Waals surface area contributed by atoms with Crippen LogP contribution in [0.15, 0.2) is 0 Å². The average Bonchev–Trinajstić information content (AvgIpc) is 3.06. The fraction of sp³-hybridized carbons (Fsp3) is 0.600. The molecule has 23 heavy (non-hydrogen) atoms. The Bertz CT molecular complexity index is 720. The highest BCUT2D eigenvalue weighted by molar-refractivity contribution is 5.79. The van der Waals surface area contributed by atoms with Crippen molar-refractivity contribution in [1.29, 1.82) is 0 Å². The van der Waals surface area contributed by atoms with Crippen LogP contribution in [-0.4, -0.2) is 55.5 Å². The van der Waals surface area contributed by atoms with Crippen molar-refractivity contribution in [2.45, 2.75) is 33.3 Å². The molecule has 2 aromatic rings. The van der Waals surface area contributed by atoms with Crippen LogP contribution in [-0.2, 0) is 23.0 Å². The maximum Gasteiger partial charge on any atom is 0.227 e. The first-order valence-electron chi connectivity index (χ1n) is 7.73. The molecule has 8 nitrogen and oxygen atoms in total. The summed E-state index contributed by atoms with van der Waals surface area (Å²) in [5, 5.41) is 11.3. The number of aromatic nitrogens is 5. The van der Waals surface area contributed by atoms with Crippen LogP contribution in [0.25, 0.3) is 0 Å². The van der Waals surface area contributed by atoms with E-state index in [4.69, 9.17) is 4.74 Å². The first kappa shape index (κ1) is 15.7. The van der Waals surface area contributed by atoms with Crippen molar-refractivity contribution in [3.8, 4) is 0 Å². The minimum absolute atomic E-state index is 0.0877. The number of morpholine rings is 1. The normalized spacial score (nSPS) is 18.4. The third-order valence-corrected chi connectivity index (χ3v) is 4.31. The fourth-order valence-corrected chi connectivity index (χ4v) is 2.87. The standard InChI is InChI=1S/C15H22N6O2/c1-9-12(10(2)20(4)19-9)7-14(22)21-5-6-23-13(8-21)15-16-11(3)17-18-15/h13H,5-8H2,1-4H3,(H,16,17,18)/t13-/m0/s1. The van der Waals surface area contributed by atoms with Crippen molar-refractivity contribution in [2.75, 3.05) is 19.7 Å². The maximum absolute atomic E-state index is 12.6. The van der Waals surface area contributed by atoms with E-state index in [0.29, 0.717) is 31.9 Å². The van der Waals surface area contributed by atoms with Crippen molar-refractivity contribution in [2.24, 2.45) is 7.05 Å². The molecule has 0 saturated carbocycles. The number of nitrogens with one attached hydrogen (secondary N) is 1. The molecule has 1 aliphatic heterocycles. The molecule has 1 atom stereocenters. The van der Waals surface area contributed by atoms with E-state index in [1.807, 2.05) is 37.4 Å². The molecule has 0 aromatic carbocycles. The first-order valence-corrected chi connectivity index (χ1v) is 7.73. The van der Waals surface area contributed by atoms with Gasteiger partial charge in [0.15, 0.2) is 5.82 Å². The van der Waals surface area contributed by atoms with Gasteiger partial charge in [-0.05, 0) is 20.8 Å². The summed E-state index contributed by atoms with van der Waals surface area (Å²) in [5.74, 6) is 1.44. The number of hydrogen-bond donors (Lipinski definition) is 1. The summed E-state index contributed by atoms with van der Waals surface area (Å²) in [4.78, 5) is 18.8. The largest absolute Gasteiger partial charge is 0.366 e. The molecule has 2 aromatic heterocycles. The SMILES string of the molecule is Cc1nc([C@@H]2CN(C(=O)Cc3c(C)nn(C)c3C)CCO2)n[nH]1. The van der Waals surface area contributed by atoms with E-state index in [1.54, 1.807) is 0 Å². The van der Waals surface area contributed by atoms with Crippen molar-refractivity contribution in [3.63, 3.8) is 0 Å². The van der Waals surface area contributed by atoms with E-state index in [2.05, 4.69) is 20.3 Å². The molecular weight excluding hydrogens is 296 g/mol. The zero-order chi connectivity index (χ0) is 16.6. The van der Waals surface area contributed by atoms with Gasteiger partial charge in [0.05, 0.1) is 25.3 Å². The number of aryl methyl sites for hydroxylation is 3. The number of carbonyl (C=O) groups excluding carboxylic acids is 1. The van der Waals surface area contributed by atoms with E-state index in [0.717, 1.165) is 22.8 Å². The summed E-state index contributed by atoms with van der Waals surface area (Å²) in [6, 6.07) is 0. The highest BCUT2D eigenvalue weighted by atomic mass is 16.5. The van der Waals surface area contributed by atoms with Gasteiger partial charge in [0.1, 0.15) is 11.9 Å². The lowest BCUT2D eigenvalue weighted by Gasteiger charge is -2.31. The molecule has 1 aliphatic rings. The van der Waals surface area contributed by atoms with Crippen molar-refractivity contribution in [3.05, 3.63) is 28.6 Å². The quantitative estimate of drug-likeness (QED) is 0.895. The molecule has 0 spiro atoms. The maximum atomic E-state index is 12.6. The summed E-state index contributed by atoms with van der Waals surface area (Å²) < 4.78 is 7.52. The topological polar surface area (TPSA) is 88.9 Å². The van der Waals surface area contributed by atoms with Crippen LogP contribution in [0.3, 0.4) is 0 Å². The van der Waals surface area contributed by atoms with Crippen LogP contribution in [0.1, 0.15) is 34.7 Å². The molecule has 0 bridgehead atoms. The van der Waals surface area contributed by atoms with E-state index in [9.17, 15) is 4.79 Å². The average molecular weight is 318 g/mol. The van der Waals surface area contributed by atoms with Gasteiger partial charge in [-0.25, -0.2) is 4.98 Å². The summed E-state index contributed by atoms with van der Waals surface area (Å²) in [7, 11) is 1.90. The molecule has 1 N–H and O–H groups in total. The van der Waals surface area contributed by atoms with Gasteiger partial charge in [0.2, 0.25) is 5.91 Å². The highest BCUT2D eigenvalue weighted by Crippen LogP contribution is 2.21. The van der Waals surface area contributed by atoms with E-state index >= 15 is 0 Å². The van der Waals surface area contributed by atoms with E-state index in [1.165, 1.54) is 0 Å². The van der Waals surface area contributed by atoms with E-state index < -0.39 is 0 Å². The number of H-pyrrole nitrogens is 1. The van der Waals surface area contributed by atoms with Crippen LogP contribution >= 0.6 is 0 Å². The van der Waals surface area contributed by atoms with Gasteiger partial charge in [0, 0.05) is 24.8 Å². The Hall–Kier alpha value is -2.22. The Balaban J connectivity index is 1.70. The van der Waals surface area contributed by atoms with Crippen molar-refractivity contribution in [1.82, 2.24) is 29.9 Å². The lowest BCUT2D eigenvalue weighted by atomic mass is 10.1. The zero-order valence-corrected chi connectivity index (χ0v) is 14.0. The minimum atomic E-state index is -0.270. The summed E-state index contributed by atoms with van der Waals surface area (Å²) in [5.41, 5.74) is 2.95. The smallest absolute Gasteiger partial charge is 0.227 e. The molecule has 0 unspecified atom stereocenters.